The Morgan fingerprint density at radius 3 is 2.76 bits per heavy atom. The summed E-state index contributed by atoms with van der Waals surface area (Å²) in [6.45, 7) is 4.94. The molecule has 1 fully saturated rings. The first-order chi connectivity index (χ1) is 12.0. The highest BCUT2D eigenvalue weighted by molar-refractivity contribution is 5.89. The Hall–Kier alpha value is -2.41. The van der Waals surface area contributed by atoms with Crippen LogP contribution in [0.4, 0.5) is 10.5 Å². The number of rotatable bonds is 4. The van der Waals surface area contributed by atoms with Gasteiger partial charge in [0.2, 0.25) is 0 Å². The van der Waals surface area contributed by atoms with Gasteiger partial charge in [0.05, 0.1) is 6.54 Å². The lowest BCUT2D eigenvalue weighted by Gasteiger charge is -2.39. The van der Waals surface area contributed by atoms with Crippen molar-refractivity contribution in [2.45, 2.75) is 25.9 Å². The molecule has 1 aliphatic heterocycles. The Kier molecular flexibility index (Phi) is 5.33. The lowest BCUT2D eigenvalue weighted by atomic mass is 9.93. The van der Waals surface area contributed by atoms with Crippen LogP contribution in [0.1, 0.15) is 18.9 Å². The molecular formula is C18H26N6O. The highest BCUT2D eigenvalue weighted by Crippen LogP contribution is 2.21. The molecule has 2 heterocycles. The van der Waals surface area contributed by atoms with Crippen LogP contribution < -0.4 is 5.32 Å². The van der Waals surface area contributed by atoms with Crippen LogP contribution in [0.15, 0.2) is 36.9 Å². The molecule has 7 heteroatoms. The molecule has 0 bridgehead atoms. The molecule has 25 heavy (non-hydrogen) atoms. The molecule has 3 rings (SSSR count). The maximum absolute atomic E-state index is 12.6. The summed E-state index contributed by atoms with van der Waals surface area (Å²) in [6.07, 6.45) is 4.22. The van der Waals surface area contributed by atoms with Gasteiger partial charge in [0.25, 0.3) is 0 Å². The minimum absolute atomic E-state index is 0.0505. The Balaban J connectivity index is 1.57. The fourth-order valence-electron chi connectivity index (χ4n) is 3.47. The summed E-state index contributed by atoms with van der Waals surface area (Å²) in [4.78, 5) is 20.7. The number of nitrogens with one attached hydrogen (secondary N) is 1. The highest BCUT2D eigenvalue weighted by atomic mass is 16.2. The second-order valence-corrected chi connectivity index (χ2v) is 6.93. The van der Waals surface area contributed by atoms with Crippen LogP contribution in [0.2, 0.25) is 0 Å². The van der Waals surface area contributed by atoms with Crippen LogP contribution in [0.5, 0.6) is 0 Å². The van der Waals surface area contributed by atoms with Crippen molar-refractivity contribution in [3.63, 3.8) is 0 Å². The largest absolute Gasteiger partial charge is 0.324 e. The number of nitrogens with zero attached hydrogens (tertiary/aromatic N) is 5. The normalized spacial score (nSPS) is 21.1. The fourth-order valence-corrected chi connectivity index (χ4v) is 3.47. The molecule has 0 spiro atoms. The van der Waals surface area contributed by atoms with Gasteiger partial charge in [0.1, 0.15) is 12.7 Å². The van der Waals surface area contributed by atoms with Crippen molar-refractivity contribution in [1.82, 2.24) is 24.6 Å². The fraction of sp³-hybridized carbons (Fsp3) is 0.500. The van der Waals surface area contributed by atoms with Crippen molar-refractivity contribution in [3.8, 4) is 0 Å². The van der Waals surface area contributed by atoms with Crippen LogP contribution in [-0.2, 0) is 6.54 Å². The molecular weight excluding hydrogens is 316 g/mol. The third-order valence-electron chi connectivity index (χ3n) is 4.90. The number of amides is 2. The van der Waals surface area contributed by atoms with E-state index >= 15 is 0 Å². The van der Waals surface area contributed by atoms with E-state index in [1.165, 1.54) is 6.33 Å². The molecule has 2 aromatic rings. The number of aromatic nitrogens is 3. The first-order valence-corrected chi connectivity index (χ1v) is 8.66. The molecule has 1 saturated heterocycles. The number of piperidine rings is 1. The van der Waals surface area contributed by atoms with Gasteiger partial charge < -0.3 is 15.1 Å². The number of anilines is 1. The number of urea groups is 1. The molecule has 0 aliphatic carbocycles. The highest BCUT2D eigenvalue weighted by Gasteiger charge is 2.29. The van der Waals surface area contributed by atoms with Gasteiger partial charge in [-0.25, -0.2) is 14.5 Å². The Labute approximate surface area is 148 Å². The van der Waals surface area contributed by atoms with Gasteiger partial charge in [0, 0.05) is 25.3 Å². The topological polar surface area (TPSA) is 66.3 Å². The second kappa shape index (κ2) is 7.65. The Morgan fingerprint density at radius 1 is 1.36 bits per heavy atom. The molecule has 1 N–H and O–H groups in total. The maximum atomic E-state index is 12.6. The van der Waals surface area contributed by atoms with Crippen molar-refractivity contribution in [2.24, 2.45) is 5.92 Å². The summed E-state index contributed by atoms with van der Waals surface area (Å²) >= 11 is 0. The van der Waals surface area contributed by atoms with E-state index in [9.17, 15) is 4.79 Å². The zero-order valence-electron chi connectivity index (χ0n) is 15.1. The number of benzene rings is 1. The van der Waals surface area contributed by atoms with Crippen LogP contribution in [0.3, 0.4) is 0 Å². The molecule has 134 valence electrons. The van der Waals surface area contributed by atoms with E-state index in [-0.39, 0.29) is 12.1 Å². The SMILES string of the molecule is C[C@H]1CN(C)CC[C@@H]1N(C)C(=O)Nc1ccc(Cn2cncn2)cc1. The molecule has 2 atom stereocenters. The third-order valence-corrected chi connectivity index (χ3v) is 4.90. The Morgan fingerprint density at radius 2 is 2.12 bits per heavy atom. The van der Waals surface area contributed by atoms with Crippen LogP contribution in [0, 0.1) is 5.92 Å². The standard InChI is InChI=1S/C18H26N6O/c1-14-10-22(2)9-8-17(14)23(3)18(25)21-16-6-4-15(5-7-16)11-24-13-19-12-20-24/h4-7,12-14,17H,8-11H2,1-3H3,(H,21,25)/t14-,17-/m0/s1. The zero-order chi connectivity index (χ0) is 17.8. The van der Waals surface area contributed by atoms with Gasteiger partial charge in [-0.15, -0.1) is 0 Å². The summed E-state index contributed by atoms with van der Waals surface area (Å²) in [7, 11) is 4.02. The minimum Gasteiger partial charge on any atom is -0.324 e. The molecule has 0 unspecified atom stereocenters. The predicted octanol–water partition coefficient (Wildman–Crippen LogP) is 2.13. The lowest BCUT2D eigenvalue weighted by molar-refractivity contribution is 0.113. The summed E-state index contributed by atoms with van der Waals surface area (Å²) in [6, 6.07) is 8.07. The van der Waals surface area contributed by atoms with E-state index < -0.39 is 0 Å². The van der Waals surface area contributed by atoms with E-state index in [4.69, 9.17) is 0 Å². The molecule has 7 nitrogen and oxygen atoms in total. The van der Waals surface area contributed by atoms with Gasteiger partial charge in [-0.2, -0.15) is 5.10 Å². The summed E-state index contributed by atoms with van der Waals surface area (Å²) in [5, 5.41) is 7.09. The summed E-state index contributed by atoms with van der Waals surface area (Å²) in [5.74, 6) is 0.472. The van der Waals surface area contributed by atoms with Crippen LogP contribution in [-0.4, -0.2) is 63.8 Å². The average Bonchev–Trinajstić information content (AvgIpc) is 3.09. The van der Waals surface area contributed by atoms with E-state index in [1.54, 1.807) is 11.0 Å². The van der Waals surface area contributed by atoms with E-state index in [0.29, 0.717) is 12.5 Å². The molecule has 2 amide bonds. The maximum Gasteiger partial charge on any atom is 0.321 e. The van der Waals surface area contributed by atoms with Gasteiger partial charge in [-0.1, -0.05) is 19.1 Å². The third kappa shape index (κ3) is 4.36. The predicted molar refractivity (Wildman–Crippen MR) is 97.4 cm³/mol. The monoisotopic (exact) mass is 342 g/mol. The second-order valence-electron chi connectivity index (χ2n) is 6.93. The van der Waals surface area contributed by atoms with E-state index in [2.05, 4.69) is 34.3 Å². The number of likely N-dealkylation sites (tertiary alicyclic amines) is 1. The van der Waals surface area contributed by atoms with Crippen molar-refractivity contribution in [2.75, 3.05) is 32.5 Å². The average molecular weight is 342 g/mol. The number of carbonyl (C=O) groups excluding carboxylic acids is 1. The number of carbonyl (C=O) groups is 1. The van der Waals surface area contributed by atoms with Crippen molar-refractivity contribution in [3.05, 3.63) is 42.5 Å². The number of hydrogen-bond acceptors (Lipinski definition) is 4. The van der Waals surface area contributed by atoms with Crippen LogP contribution in [0.25, 0.3) is 0 Å². The summed E-state index contributed by atoms with van der Waals surface area (Å²) in [5.41, 5.74) is 1.92. The van der Waals surface area contributed by atoms with Gasteiger partial charge in [-0.05, 0) is 43.6 Å². The minimum atomic E-state index is -0.0505. The van der Waals surface area contributed by atoms with Gasteiger partial charge in [0.15, 0.2) is 0 Å². The Bertz CT molecular complexity index is 684. The summed E-state index contributed by atoms with van der Waals surface area (Å²) < 4.78 is 1.77. The van der Waals surface area contributed by atoms with E-state index in [0.717, 1.165) is 30.8 Å². The van der Waals surface area contributed by atoms with Gasteiger partial charge >= 0.3 is 6.03 Å². The van der Waals surface area contributed by atoms with Crippen molar-refractivity contribution < 1.29 is 4.79 Å². The van der Waals surface area contributed by atoms with Crippen LogP contribution >= 0.6 is 0 Å². The first kappa shape index (κ1) is 17.4. The molecule has 1 aliphatic rings. The van der Waals surface area contributed by atoms with Crippen molar-refractivity contribution >= 4 is 11.7 Å². The van der Waals surface area contributed by atoms with Crippen molar-refractivity contribution in [1.29, 1.82) is 0 Å². The van der Waals surface area contributed by atoms with E-state index in [1.807, 2.05) is 36.2 Å². The zero-order valence-corrected chi connectivity index (χ0v) is 15.1. The quantitative estimate of drug-likeness (QED) is 0.924. The first-order valence-electron chi connectivity index (χ1n) is 8.66. The van der Waals surface area contributed by atoms with Gasteiger partial charge in [-0.3, -0.25) is 0 Å². The molecule has 1 aromatic heterocycles. The smallest absolute Gasteiger partial charge is 0.321 e. The molecule has 1 aromatic carbocycles. The molecule has 0 saturated carbocycles. The molecule has 0 radical (unpaired) electrons. The lowest BCUT2D eigenvalue weighted by Crippen LogP contribution is -2.50. The number of hydrogen-bond donors (Lipinski definition) is 1.